The van der Waals surface area contributed by atoms with Gasteiger partial charge in [-0.3, -0.25) is 0 Å². The van der Waals surface area contributed by atoms with E-state index in [1.165, 1.54) is 11.3 Å². The molecule has 1 rings (SSSR count). The van der Waals surface area contributed by atoms with E-state index >= 15 is 0 Å². The van der Waals surface area contributed by atoms with Gasteiger partial charge in [0.2, 0.25) is 0 Å². The van der Waals surface area contributed by atoms with Crippen LogP contribution in [0.25, 0.3) is 0 Å². The van der Waals surface area contributed by atoms with Gasteiger partial charge in [0.15, 0.2) is 9.84 Å². The zero-order chi connectivity index (χ0) is 11.9. The highest BCUT2D eigenvalue weighted by atomic mass is 32.2. The minimum atomic E-state index is -3.29. The number of thiophene rings is 1. The molecule has 1 aromatic rings. The van der Waals surface area contributed by atoms with Crippen molar-refractivity contribution in [3.8, 4) is 0 Å². The number of aliphatic hydroxyl groups is 1. The molecule has 0 bridgehead atoms. The summed E-state index contributed by atoms with van der Waals surface area (Å²) in [7, 11) is -3.29. The molecule has 0 aliphatic carbocycles. The van der Waals surface area contributed by atoms with E-state index in [9.17, 15) is 13.5 Å². The molecule has 0 spiro atoms. The second kappa shape index (κ2) is 3.88. The van der Waals surface area contributed by atoms with Crippen molar-refractivity contribution in [2.45, 2.75) is 31.6 Å². The predicted molar refractivity (Wildman–Crippen MR) is 62.9 cm³/mol. The first-order valence-corrected chi connectivity index (χ1v) is 7.36. The molecule has 0 aliphatic heterocycles. The van der Waals surface area contributed by atoms with Crippen LogP contribution in [0.2, 0.25) is 0 Å². The molecule has 1 atom stereocenters. The number of rotatable bonds is 3. The van der Waals surface area contributed by atoms with Crippen molar-refractivity contribution in [3.05, 3.63) is 21.9 Å². The summed E-state index contributed by atoms with van der Waals surface area (Å²) in [5, 5.41) is 11.9. The summed E-state index contributed by atoms with van der Waals surface area (Å²) >= 11 is 1.50. The monoisotopic (exact) mass is 248 g/mol. The van der Waals surface area contributed by atoms with Crippen LogP contribution in [0.3, 0.4) is 0 Å². The van der Waals surface area contributed by atoms with Gasteiger partial charge in [-0.25, -0.2) is 8.42 Å². The van der Waals surface area contributed by atoms with E-state index in [1.807, 2.05) is 12.3 Å². The number of sulfone groups is 1. The van der Waals surface area contributed by atoms with Crippen molar-refractivity contribution < 1.29 is 13.5 Å². The molecule has 1 unspecified atom stereocenters. The summed E-state index contributed by atoms with van der Waals surface area (Å²) in [5.74, 6) is 0. The molecular formula is C10H16O3S2. The van der Waals surface area contributed by atoms with E-state index in [0.717, 1.165) is 11.1 Å². The summed E-state index contributed by atoms with van der Waals surface area (Å²) in [6, 6.07) is 1.78. The van der Waals surface area contributed by atoms with Gasteiger partial charge >= 0.3 is 0 Å². The first-order valence-electron chi connectivity index (χ1n) is 4.59. The van der Waals surface area contributed by atoms with Gasteiger partial charge in [-0.1, -0.05) is 0 Å². The molecule has 0 aliphatic rings. The molecule has 86 valence electrons. The average molecular weight is 248 g/mol. The Balaban J connectivity index is 3.16. The van der Waals surface area contributed by atoms with Crippen molar-refractivity contribution in [1.29, 1.82) is 0 Å². The van der Waals surface area contributed by atoms with Crippen molar-refractivity contribution >= 4 is 21.2 Å². The molecule has 0 saturated carbocycles. The minimum absolute atomic E-state index is 0.704. The fraction of sp³-hybridized carbons (Fsp3) is 0.600. The summed E-state index contributed by atoms with van der Waals surface area (Å²) in [5.41, 5.74) is 0.704. The molecule has 0 amide bonds. The van der Waals surface area contributed by atoms with E-state index < -0.39 is 20.7 Å². The van der Waals surface area contributed by atoms with Crippen LogP contribution < -0.4 is 0 Å². The lowest BCUT2D eigenvalue weighted by Crippen LogP contribution is -2.37. The lowest BCUT2D eigenvalue weighted by Gasteiger charge is -2.28. The van der Waals surface area contributed by atoms with Gasteiger partial charge < -0.3 is 5.11 Å². The molecule has 0 radical (unpaired) electrons. The molecule has 0 aromatic carbocycles. The maximum absolute atomic E-state index is 11.5. The van der Waals surface area contributed by atoms with Crippen LogP contribution in [0.5, 0.6) is 0 Å². The Morgan fingerprint density at radius 1 is 1.47 bits per heavy atom. The standard InChI is InChI=1S/C10H16O3S2/c1-7-8(5-6-14-7)9(11)10(2,3)15(4,12)13/h5-6,9,11H,1-4H3. The maximum Gasteiger partial charge on any atom is 0.155 e. The second-order valence-corrected chi connectivity index (χ2v) is 7.93. The van der Waals surface area contributed by atoms with E-state index in [2.05, 4.69) is 0 Å². The van der Waals surface area contributed by atoms with Gasteiger partial charge in [-0.05, 0) is 37.8 Å². The minimum Gasteiger partial charge on any atom is -0.387 e. The van der Waals surface area contributed by atoms with Crippen LogP contribution >= 0.6 is 11.3 Å². The number of hydrogen-bond donors (Lipinski definition) is 1. The van der Waals surface area contributed by atoms with Crippen molar-refractivity contribution in [3.63, 3.8) is 0 Å². The first kappa shape index (κ1) is 12.7. The maximum atomic E-state index is 11.5. The molecular weight excluding hydrogens is 232 g/mol. The summed E-state index contributed by atoms with van der Waals surface area (Å²) < 4.78 is 21.9. The molecule has 0 fully saturated rings. The Labute approximate surface area is 94.7 Å². The topological polar surface area (TPSA) is 54.4 Å². The first-order chi connectivity index (χ1) is 6.68. The molecule has 1 aromatic heterocycles. The van der Waals surface area contributed by atoms with Crippen LogP contribution in [-0.2, 0) is 9.84 Å². The average Bonchev–Trinajstić information content (AvgIpc) is 2.48. The van der Waals surface area contributed by atoms with Gasteiger partial charge in [0, 0.05) is 11.1 Å². The smallest absolute Gasteiger partial charge is 0.155 e. The summed E-state index contributed by atoms with van der Waals surface area (Å²) in [4.78, 5) is 0.958. The SMILES string of the molecule is Cc1sccc1C(O)C(C)(C)S(C)(=O)=O. The molecule has 15 heavy (non-hydrogen) atoms. The van der Waals surface area contributed by atoms with Crippen LogP contribution in [0.15, 0.2) is 11.4 Å². The third-order valence-electron chi connectivity index (χ3n) is 2.81. The van der Waals surface area contributed by atoms with E-state index in [4.69, 9.17) is 0 Å². The van der Waals surface area contributed by atoms with Gasteiger partial charge in [0.1, 0.15) is 0 Å². The van der Waals surface area contributed by atoms with Gasteiger partial charge in [-0.15, -0.1) is 11.3 Å². The largest absolute Gasteiger partial charge is 0.387 e. The normalized spacial score (nSPS) is 15.3. The third kappa shape index (κ3) is 2.24. The molecule has 0 saturated heterocycles. The summed E-state index contributed by atoms with van der Waals surface area (Å²) in [6.45, 7) is 4.97. The van der Waals surface area contributed by atoms with Crippen LogP contribution in [-0.4, -0.2) is 24.5 Å². The van der Waals surface area contributed by atoms with Crippen molar-refractivity contribution in [1.82, 2.24) is 0 Å². The fourth-order valence-electron chi connectivity index (χ4n) is 1.26. The Kier molecular flexibility index (Phi) is 3.28. The van der Waals surface area contributed by atoms with Gasteiger partial charge in [-0.2, -0.15) is 0 Å². The lowest BCUT2D eigenvalue weighted by atomic mass is 9.99. The summed E-state index contributed by atoms with van der Waals surface area (Å²) in [6.07, 6.45) is 0.177. The van der Waals surface area contributed by atoms with Gasteiger partial charge in [0.25, 0.3) is 0 Å². The molecule has 5 heteroatoms. The molecule has 1 heterocycles. The lowest BCUT2D eigenvalue weighted by molar-refractivity contribution is 0.139. The van der Waals surface area contributed by atoms with Crippen LogP contribution in [0.1, 0.15) is 30.4 Å². The van der Waals surface area contributed by atoms with Crippen molar-refractivity contribution in [2.75, 3.05) is 6.26 Å². The zero-order valence-electron chi connectivity index (χ0n) is 9.31. The van der Waals surface area contributed by atoms with Crippen LogP contribution in [0.4, 0.5) is 0 Å². The van der Waals surface area contributed by atoms with E-state index in [0.29, 0.717) is 5.56 Å². The Morgan fingerprint density at radius 3 is 2.33 bits per heavy atom. The van der Waals surface area contributed by atoms with E-state index in [1.54, 1.807) is 19.9 Å². The Morgan fingerprint density at radius 2 is 2.00 bits per heavy atom. The highest BCUT2D eigenvalue weighted by molar-refractivity contribution is 7.92. The Bertz CT molecular complexity index is 443. The third-order valence-corrected chi connectivity index (χ3v) is 5.80. The zero-order valence-corrected chi connectivity index (χ0v) is 10.9. The quantitative estimate of drug-likeness (QED) is 0.889. The number of aliphatic hydroxyl groups excluding tert-OH is 1. The van der Waals surface area contributed by atoms with Crippen molar-refractivity contribution in [2.24, 2.45) is 0 Å². The van der Waals surface area contributed by atoms with Crippen LogP contribution in [0, 0.1) is 6.92 Å². The highest BCUT2D eigenvalue weighted by Gasteiger charge is 2.39. The Hall–Kier alpha value is -0.390. The number of hydrogen-bond acceptors (Lipinski definition) is 4. The predicted octanol–water partition coefficient (Wildman–Crippen LogP) is 1.91. The second-order valence-electron chi connectivity index (χ2n) is 4.21. The molecule has 3 nitrogen and oxygen atoms in total. The highest BCUT2D eigenvalue weighted by Crippen LogP contribution is 2.35. The van der Waals surface area contributed by atoms with Gasteiger partial charge in [0.05, 0.1) is 10.9 Å². The molecule has 1 N–H and O–H groups in total. The number of aryl methyl sites for hydroxylation is 1. The fourth-order valence-corrected chi connectivity index (χ4v) is 2.52. The van der Waals surface area contributed by atoms with E-state index in [-0.39, 0.29) is 0 Å².